The van der Waals surface area contributed by atoms with Crippen LogP contribution in [0.15, 0.2) is 66.7 Å². The van der Waals surface area contributed by atoms with Crippen LogP contribution < -0.4 is 14.8 Å². The third-order valence-electron chi connectivity index (χ3n) is 4.66. The van der Waals surface area contributed by atoms with Crippen molar-refractivity contribution < 1.29 is 14.3 Å². The number of hydrogen-bond donors (Lipinski definition) is 1. The van der Waals surface area contributed by atoms with Crippen LogP contribution in [0.1, 0.15) is 41.3 Å². The Kier molecular flexibility index (Phi) is 8.63. The first-order valence-electron chi connectivity index (χ1n) is 10.2. The zero-order chi connectivity index (χ0) is 22.1. The lowest BCUT2D eigenvalue weighted by molar-refractivity contribution is 0.0952. The fourth-order valence-corrected chi connectivity index (χ4v) is 3.28. The Morgan fingerprint density at radius 3 is 1.84 bits per heavy atom. The largest absolute Gasteiger partial charge is 0.489 e. The van der Waals surface area contributed by atoms with Crippen LogP contribution in [0.25, 0.3) is 0 Å². The van der Waals surface area contributed by atoms with Crippen LogP contribution in [-0.2, 0) is 13.2 Å². The van der Waals surface area contributed by atoms with Gasteiger partial charge in [0.25, 0.3) is 5.91 Å². The first-order chi connectivity index (χ1) is 15.1. The van der Waals surface area contributed by atoms with Crippen molar-refractivity contribution in [3.8, 4) is 11.5 Å². The van der Waals surface area contributed by atoms with Gasteiger partial charge in [0.05, 0.1) is 0 Å². The molecule has 6 heteroatoms. The Balaban J connectivity index is 1.78. The number of rotatable bonds is 10. The van der Waals surface area contributed by atoms with Crippen molar-refractivity contribution >= 4 is 29.1 Å². The van der Waals surface area contributed by atoms with E-state index in [4.69, 9.17) is 32.7 Å². The highest BCUT2D eigenvalue weighted by Crippen LogP contribution is 2.27. The van der Waals surface area contributed by atoms with E-state index in [2.05, 4.69) is 12.2 Å². The number of hydrogen-bond acceptors (Lipinski definition) is 3. The number of unbranched alkanes of at least 4 members (excludes halogenated alkanes) is 1. The lowest BCUT2D eigenvalue weighted by atomic mass is 10.1. The van der Waals surface area contributed by atoms with Gasteiger partial charge in [0.2, 0.25) is 0 Å². The first-order valence-corrected chi connectivity index (χ1v) is 11.0. The zero-order valence-corrected chi connectivity index (χ0v) is 18.9. The summed E-state index contributed by atoms with van der Waals surface area (Å²) in [6.45, 7) is 3.26. The molecule has 0 atom stereocenters. The van der Waals surface area contributed by atoms with Crippen LogP contribution in [0, 0.1) is 0 Å². The molecule has 0 heterocycles. The number of amides is 1. The molecule has 0 aliphatic rings. The minimum atomic E-state index is -0.167. The van der Waals surface area contributed by atoms with Crippen molar-refractivity contribution in [2.45, 2.75) is 33.0 Å². The molecule has 1 amide bonds. The van der Waals surface area contributed by atoms with Gasteiger partial charge in [0, 0.05) is 39.3 Å². The molecule has 0 radical (unpaired) electrons. The summed E-state index contributed by atoms with van der Waals surface area (Å²) >= 11 is 12.5. The minimum absolute atomic E-state index is 0.167. The van der Waals surface area contributed by atoms with Gasteiger partial charge in [-0.1, -0.05) is 72.9 Å². The van der Waals surface area contributed by atoms with Gasteiger partial charge in [0.1, 0.15) is 24.7 Å². The van der Waals surface area contributed by atoms with Crippen LogP contribution >= 0.6 is 23.2 Å². The monoisotopic (exact) mass is 457 g/mol. The van der Waals surface area contributed by atoms with E-state index in [-0.39, 0.29) is 19.1 Å². The predicted octanol–water partition coefficient (Wildman–Crippen LogP) is 6.68. The van der Waals surface area contributed by atoms with Crippen molar-refractivity contribution in [2.75, 3.05) is 6.54 Å². The number of nitrogens with one attached hydrogen (secondary N) is 1. The molecule has 0 aliphatic heterocycles. The van der Waals surface area contributed by atoms with E-state index in [1.165, 1.54) is 0 Å². The van der Waals surface area contributed by atoms with Gasteiger partial charge in [-0.3, -0.25) is 4.79 Å². The minimum Gasteiger partial charge on any atom is -0.489 e. The van der Waals surface area contributed by atoms with Crippen LogP contribution in [0.2, 0.25) is 10.0 Å². The fraction of sp³-hybridized carbons (Fsp3) is 0.240. The summed E-state index contributed by atoms with van der Waals surface area (Å²) in [6.07, 6.45) is 1.93. The molecule has 3 aromatic rings. The number of carbonyl (C=O) groups excluding carboxylic acids is 1. The summed E-state index contributed by atoms with van der Waals surface area (Å²) in [5.41, 5.74) is 2.20. The molecule has 162 valence electrons. The van der Waals surface area contributed by atoms with Crippen molar-refractivity contribution in [3.63, 3.8) is 0 Å². The normalized spacial score (nSPS) is 10.5. The van der Waals surface area contributed by atoms with E-state index < -0.39 is 0 Å². The van der Waals surface area contributed by atoms with Gasteiger partial charge >= 0.3 is 0 Å². The Hall–Kier alpha value is -2.69. The summed E-state index contributed by atoms with van der Waals surface area (Å²) in [7, 11) is 0. The molecule has 4 nitrogen and oxygen atoms in total. The Morgan fingerprint density at radius 2 is 1.35 bits per heavy atom. The number of ether oxygens (including phenoxy) is 2. The summed E-state index contributed by atoms with van der Waals surface area (Å²) in [5, 5.41) is 4.19. The number of carbonyl (C=O) groups is 1. The fourth-order valence-electron chi connectivity index (χ4n) is 2.90. The quantitative estimate of drug-likeness (QED) is 0.345. The molecule has 1 N–H and O–H groups in total. The van der Waals surface area contributed by atoms with Crippen molar-refractivity contribution in [2.24, 2.45) is 0 Å². The lowest BCUT2D eigenvalue weighted by Crippen LogP contribution is -2.24. The van der Waals surface area contributed by atoms with Gasteiger partial charge in [-0.25, -0.2) is 0 Å². The predicted molar refractivity (Wildman–Crippen MR) is 125 cm³/mol. The van der Waals surface area contributed by atoms with E-state index in [9.17, 15) is 4.79 Å². The van der Waals surface area contributed by atoms with E-state index >= 15 is 0 Å². The maximum Gasteiger partial charge on any atom is 0.251 e. The molecule has 0 saturated carbocycles. The summed E-state index contributed by atoms with van der Waals surface area (Å²) in [4.78, 5) is 12.6. The Labute approximate surface area is 193 Å². The average molecular weight is 458 g/mol. The van der Waals surface area contributed by atoms with E-state index in [0.29, 0.717) is 33.7 Å². The first kappa shape index (κ1) is 23.0. The second-order valence-electron chi connectivity index (χ2n) is 7.06. The maximum absolute atomic E-state index is 12.6. The molecule has 0 saturated heterocycles. The highest BCUT2D eigenvalue weighted by Gasteiger charge is 2.12. The molecule has 0 spiro atoms. The number of benzene rings is 3. The molecular weight excluding hydrogens is 433 g/mol. The summed E-state index contributed by atoms with van der Waals surface area (Å²) in [5.74, 6) is 0.883. The highest BCUT2D eigenvalue weighted by molar-refractivity contribution is 6.31. The van der Waals surface area contributed by atoms with Crippen LogP contribution in [0.5, 0.6) is 11.5 Å². The van der Waals surface area contributed by atoms with Crippen molar-refractivity contribution in [1.82, 2.24) is 5.32 Å². The van der Waals surface area contributed by atoms with E-state index in [1.807, 2.05) is 48.5 Å². The molecule has 3 aromatic carbocycles. The Bertz CT molecular complexity index is 955. The molecule has 0 fully saturated rings. The topological polar surface area (TPSA) is 47.6 Å². The maximum atomic E-state index is 12.6. The van der Waals surface area contributed by atoms with Gasteiger partial charge in [0.15, 0.2) is 0 Å². The highest BCUT2D eigenvalue weighted by atomic mass is 35.5. The summed E-state index contributed by atoms with van der Waals surface area (Å²) in [6, 6.07) is 20.2. The van der Waals surface area contributed by atoms with E-state index in [1.54, 1.807) is 18.2 Å². The van der Waals surface area contributed by atoms with Crippen LogP contribution in [-0.4, -0.2) is 12.5 Å². The van der Waals surface area contributed by atoms with Gasteiger partial charge in [-0.15, -0.1) is 0 Å². The van der Waals surface area contributed by atoms with Crippen LogP contribution in [0.4, 0.5) is 0 Å². The number of halogens is 2. The third kappa shape index (κ3) is 6.91. The van der Waals surface area contributed by atoms with Crippen molar-refractivity contribution in [3.05, 3.63) is 93.5 Å². The third-order valence-corrected chi connectivity index (χ3v) is 5.40. The zero-order valence-electron chi connectivity index (χ0n) is 17.4. The molecule has 3 rings (SSSR count). The molecule has 0 bridgehead atoms. The van der Waals surface area contributed by atoms with Gasteiger partial charge in [-0.2, -0.15) is 0 Å². The summed E-state index contributed by atoms with van der Waals surface area (Å²) < 4.78 is 11.9. The Morgan fingerprint density at radius 1 is 0.839 bits per heavy atom. The van der Waals surface area contributed by atoms with Crippen LogP contribution in [0.3, 0.4) is 0 Å². The van der Waals surface area contributed by atoms with Gasteiger partial charge in [-0.05, 0) is 30.7 Å². The second kappa shape index (κ2) is 11.6. The van der Waals surface area contributed by atoms with Crippen molar-refractivity contribution in [1.29, 1.82) is 0 Å². The molecule has 0 aliphatic carbocycles. The molecular formula is C25H25Cl2NO3. The lowest BCUT2D eigenvalue weighted by Gasteiger charge is -2.14. The standard InChI is InChI=1S/C25H25Cl2NO3/c1-2-3-12-28-25(29)20-13-21(30-16-18-8-4-6-10-23(18)26)15-22(14-20)31-17-19-9-5-7-11-24(19)27/h4-11,13-15H,2-3,12,16-17H2,1H3,(H,28,29). The average Bonchev–Trinajstić information content (AvgIpc) is 2.78. The molecule has 31 heavy (non-hydrogen) atoms. The molecule has 0 aromatic heterocycles. The molecule has 0 unspecified atom stereocenters. The smallest absolute Gasteiger partial charge is 0.251 e. The SMILES string of the molecule is CCCCNC(=O)c1cc(OCc2ccccc2Cl)cc(OCc2ccccc2Cl)c1. The second-order valence-corrected chi connectivity index (χ2v) is 7.88. The van der Waals surface area contributed by atoms with Gasteiger partial charge < -0.3 is 14.8 Å². The van der Waals surface area contributed by atoms with E-state index in [0.717, 1.165) is 24.0 Å².